The van der Waals surface area contributed by atoms with Gasteiger partial charge in [-0.3, -0.25) is 4.79 Å². The molecule has 0 rings (SSSR count). The van der Waals surface area contributed by atoms with E-state index >= 15 is 0 Å². The van der Waals surface area contributed by atoms with Crippen LogP contribution in [0.5, 0.6) is 0 Å². The highest BCUT2D eigenvalue weighted by Crippen LogP contribution is 1.94. The number of hydrogen-bond donors (Lipinski definition) is 2. The summed E-state index contributed by atoms with van der Waals surface area (Å²) in [6.07, 6.45) is 3.24. The molecule has 0 aromatic heterocycles. The van der Waals surface area contributed by atoms with Gasteiger partial charge in [-0.15, -0.1) is 0 Å². The monoisotopic (exact) mass is 204 g/mol. The predicted molar refractivity (Wildman–Crippen MR) is 58.6 cm³/mol. The van der Waals surface area contributed by atoms with Crippen molar-refractivity contribution in [2.24, 2.45) is 5.90 Å². The fraction of sp³-hybridized carbons (Fsp3) is 0.900. The van der Waals surface area contributed by atoms with E-state index in [0.29, 0.717) is 13.0 Å². The van der Waals surface area contributed by atoms with Crippen LogP contribution in [0.1, 0.15) is 46.5 Å². The summed E-state index contributed by atoms with van der Waals surface area (Å²) in [7, 11) is 0. The van der Waals surface area contributed by atoms with Gasteiger partial charge in [-0.25, -0.2) is 5.90 Å². The summed E-state index contributed by atoms with van der Waals surface area (Å²) in [4.78, 5) is 15.4. The molecule has 3 N–H and O–H groups in total. The van der Waals surface area contributed by atoms with E-state index in [9.17, 15) is 4.79 Å². The molecular formula is C10H24N2O2. The summed E-state index contributed by atoms with van der Waals surface area (Å²) in [5.41, 5.74) is 0. The van der Waals surface area contributed by atoms with E-state index in [1.807, 2.05) is 20.8 Å². The molecule has 0 unspecified atom stereocenters. The summed E-state index contributed by atoms with van der Waals surface area (Å²) in [5.74, 6) is 4.94. The van der Waals surface area contributed by atoms with Crippen molar-refractivity contribution in [2.75, 3.05) is 13.2 Å². The first-order chi connectivity index (χ1) is 6.81. The summed E-state index contributed by atoms with van der Waals surface area (Å²) in [6.45, 7) is 7.33. The Morgan fingerprint density at radius 2 is 2.00 bits per heavy atom. The maximum absolute atomic E-state index is 11.0. The summed E-state index contributed by atoms with van der Waals surface area (Å²) in [6, 6.07) is 0. The third kappa shape index (κ3) is 13.9. The second-order valence-corrected chi connectivity index (χ2v) is 2.68. The Balaban J connectivity index is 0. The molecule has 0 atom stereocenters. The largest absolute Gasteiger partial charge is 0.356 e. The molecule has 0 aliphatic heterocycles. The van der Waals surface area contributed by atoms with Crippen LogP contribution in [0.25, 0.3) is 0 Å². The number of nitrogens with one attached hydrogen (secondary N) is 1. The molecule has 0 aromatic carbocycles. The van der Waals surface area contributed by atoms with Crippen molar-refractivity contribution in [1.29, 1.82) is 0 Å². The number of hydrogen-bond acceptors (Lipinski definition) is 3. The highest BCUT2D eigenvalue weighted by Gasteiger charge is 1.98. The molecule has 0 heterocycles. The summed E-state index contributed by atoms with van der Waals surface area (Å²) in [5, 5.41) is 2.80. The summed E-state index contributed by atoms with van der Waals surface area (Å²) < 4.78 is 0. The lowest BCUT2D eigenvalue weighted by Gasteiger charge is -2.02. The average Bonchev–Trinajstić information content (AvgIpc) is 2.24. The fourth-order valence-electron chi connectivity index (χ4n) is 0.824. The number of carbonyl (C=O) groups excluding carboxylic acids is 1. The van der Waals surface area contributed by atoms with Crippen molar-refractivity contribution in [2.45, 2.75) is 46.5 Å². The van der Waals surface area contributed by atoms with Crippen LogP contribution in [0.3, 0.4) is 0 Å². The predicted octanol–water partition coefficient (Wildman–Crippen LogP) is 1.60. The van der Waals surface area contributed by atoms with Crippen molar-refractivity contribution in [3.05, 3.63) is 0 Å². The second kappa shape index (κ2) is 14.9. The van der Waals surface area contributed by atoms with Crippen LogP contribution in [0.15, 0.2) is 0 Å². The lowest BCUT2D eigenvalue weighted by atomic mass is 10.2. The Morgan fingerprint density at radius 1 is 1.36 bits per heavy atom. The molecule has 0 saturated carbocycles. The van der Waals surface area contributed by atoms with Crippen molar-refractivity contribution in [3.63, 3.8) is 0 Å². The molecule has 1 amide bonds. The van der Waals surface area contributed by atoms with Gasteiger partial charge in [0, 0.05) is 13.0 Å². The standard InChI is InChI=1S/C8H18N2O2.C2H6/c1-2-6-10-8(11)5-3-4-7-12-9;1-2/h2-7,9H2,1H3,(H,10,11);1-2H3. The molecule has 0 spiro atoms. The number of unbranched alkanes of at least 4 members (excludes halogenated alkanes) is 1. The van der Waals surface area contributed by atoms with Crippen LogP contribution in [0.4, 0.5) is 0 Å². The lowest BCUT2D eigenvalue weighted by Crippen LogP contribution is -2.23. The van der Waals surface area contributed by atoms with Gasteiger partial charge >= 0.3 is 0 Å². The van der Waals surface area contributed by atoms with E-state index in [1.165, 1.54) is 0 Å². The molecule has 0 aliphatic carbocycles. The molecular weight excluding hydrogens is 180 g/mol. The molecule has 0 fully saturated rings. The first-order valence-corrected chi connectivity index (χ1v) is 5.39. The maximum atomic E-state index is 11.0. The average molecular weight is 204 g/mol. The van der Waals surface area contributed by atoms with Crippen LogP contribution < -0.4 is 11.2 Å². The minimum Gasteiger partial charge on any atom is -0.356 e. The molecule has 4 nitrogen and oxygen atoms in total. The molecule has 0 aromatic rings. The van der Waals surface area contributed by atoms with Crippen molar-refractivity contribution in [1.82, 2.24) is 5.32 Å². The van der Waals surface area contributed by atoms with Gasteiger partial charge < -0.3 is 10.2 Å². The molecule has 0 aliphatic rings. The number of nitrogens with two attached hydrogens (primary N) is 1. The van der Waals surface area contributed by atoms with E-state index in [0.717, 1.165) is 25.8 Å². The summed E-state index contributed by atoms with van der Waals surface area (Å²) >= 11 is 0. The van der Waals surface area contributed by atoms with E-state index < -0.39 is 0 Å². The zero-order valence-electron chi connectivity index (χ0n) is 9.64. The first-order valence-electron chi connectivity index (χ1n) is 5.39. The number of carbonyl (C=O) groups is 1. The zero-order valence-corrected chi connectivity index (χ0v) is 9.64. The van der Waals surface area contributed by atoms with Gasteiger partial charge in [-0.05, 0) is 19.3 Å². The van der Waals surface area contributed by atoms with Gasteiger partial charge in [-0.2, -0.15) is 0 Å². The zero-order chi connectivity index (χ0) is 11.2. The van der Waals surface area contributed by atoms with Gasteiger partial charge in [-0.1, -0.05) is 20.8 Å². The molecule has 0 saturated heterocycles. The van der Waals surface area contributed by atoms with Crippen LogP contribution in [0, 0.1) is 0 Å². The number of amides is 1. The molecule has 14 heavy (non-hydrogen) atoms. The first kappa shape index (κ1) is 15.8. The van der Waals surface area contributed by atoms with Gasteiger partial charge in [0.05, 0.1) is 6.61 Å². The molecule has 86 valence electrons. The Morgan fingerprint density at radius 3 is 2.50 bits per heavy atom. The SMILES string of the molecule is CC.CCCNC(=O)CCCCON. The van der Waals surface area contributed by atoms with Crippen molar-refractivity contribution < 1.29 is 9.63 Å². The van der Waals surface area contributed by atoms with Gasteiger partial charge in [0.25, 0.3) is 0 Å². The van der Waals surface area contributed by atoms with Crippen LogP contribution in [-0.2, 0) is 9.63 Å². The number of rotatable bonds is 7. The van der Waals surface area contributed by atoms with E-state index in [4.69, 9.17) is 5.90 Å². The Kier molecular flexibility index (Phi) is 16.9. The molecule has 4 heteroatoms. The third-order valence-electron chi connectivity index (χ3n) is 1.49. The third-order valence-corrected chi connectivity index (χ3v) is 1.49. The van der Waals surface area contributed by atoms with E-state index in [1.54, 1.807) is 0 Å². The highest BCUT2D eigenvalue weighted by molar-refractivity contribution is 5.75. The minimum atomic E-state index is 0.119. The van der Waals surface area contributed by atoms with E-state index in [2.05, 4.69) is 10.2 Å². The Hall–Kier alpha value is -0.610. The normalized spacial score (nSPS) is 8.86. The molecule has 0 radical (unpaired) electrons. The van der Waals surface area contributed by atoms with Gasteiger partial charge in [0.1, 0.15) is 0 Å². The lowest BCUT2D eigenvalue weighted by molar-refractivity contribution is -0.121. The Labute approximate surface area is 87.1 Å². The van der Waals surface area contributed by atoms with Crippen molar-refractivity contribution in [3.8, 4) is 0 Å². The van der Waals surface area contributed by atoms with Crippen molar-refractivity contribution >= 4 is 5.91 Å². The van der Waals surface area contributed by atoms with Gasteiger partial charge in [0.2, 0.25) is 5.91 Å². The maximum Gasteiger partial charge on any atom is 0.219 e. The van der Waals surface area contributed by atoms with Crippen LogP contribution in [0.2, 0.25) is 0 Å². The van der Waals surface area contributed by atoms with Crippen LogP contribution in [-0.4, -0.2) is 19.1 Å². The Bertz CT molecular complexity index is 119. The second-order valence-electron chi connectivity index (χ2n) is 2.68. The van der Waals surface area contributed by atoms with Gasteiger partial charge in [0.15, 0.2) is 0 Å². The highest BCUT2D eigenvalue weighted by atomic mass is 16.6. The smallest absolute Gasteiger partial charge is 0.219 e. The molecule has 0 bridgehead atoms. The quantitative estimate of drug-likeness (QED) is 0.489. The minimum absolute atomic E-state index is 0.119. The van der Waals surface area contributed by atoms with E-state index in [-0.39, 0.29) is 5.91 Å². The topological polar surface area (TPSA) is 64.3 Å². The van der Waals surface area contributed by atoms with Crippen LogP contribution >= 0.6 is 0 Å². The fourth-order valence-corrected chi connectivity index (χ4v) is 0.824.